The molecule has 2 aromatic heterocycles. The van der Waals surface area contributed by atoms with Crippen molar-refractivity contribution in [2.75, 3.05) is 17.7 Å². The molecule has 1 aliphatic carbocycles. The lowest BCUT2D eigenvalue weighted by Crippen LogP contribution is -2.12. The van der Waals surface area contributed by atoms with Crippen LogP contribution in [0.5, 0.6) is 0 Å². The first-order valence-electron chi connectivity index (χ1n) is 10.4. The number of carbonyl (C=O) groups is 2. The molecule has 33 heavy (non-hydrogen) atoms. The fraction of sp³-hybridized carbons (Fsp3) is 0.217. The lowest BCUT2D eigenvalue weighted by atomic mass is 10.0. The van der Waals surface area contributed by atoms with E-state index in [9.17, 15) is 9.59 Å². The highest BCUT2D eigenvalue weighted by atomic mass is 32.2. The van der Waals surface area contributed by atoms with Crippen LogP contribution in [0.2, 0.25) is 0 Å². The van der Waals surface area contributed by atoms with Gasteiger partial charge in [-0.1, -0.05) is 48.2 Å². The summed E-state index contributed by atoms with van der Waals surface area (Å²) < 4.78 is 4.91. The number of hydrogen-bond acceptors (Lipinski definition) is 9. The van der Waals surface area contributed by atoms with Crippen LogP contribution in [0.3, 0.4) is 0 Å². The van der Waals surface area contributed by atoms with Crippen LogP contribution in [-0.2, 0) is 20.7 Å². The van der Waals surface area contributed by atoms with Crippen molar-refractivity contribution in [1.29, 1.82) is 0 Å². The summed E-state index contributed by atoms with van der Waals surface area (Å²) in [5.41, 5.74) is 4.33. The van der Waals surface area contributed by atoms with Gasteiger partial charge in [0.1, 0.15) is 11.4 Å². The zero-order valence-electron chi connectivity index (χ0n) is 17.7. The number of hydrogen-bond donors (Lipinski definition) is 1. The maximum Gasteiger partial charge on any atom is 0.311 e. The summed E-state index contributed by atoms with van der Waals surface area (Å²) in [6, 6.07) is 12.3. The number of benzene rings is 2. The number of esters is 1. The molecular formula is C23H19N5O3S2. The molecule has 0 saturated carbocycles. The van der Waals surface area contributed by atoms with Crippen molar-refractivity contribution in [3.05, 3.63) is 47.5 Å². The number of carbonyl (C=O) groups excluding carboxylic acids is 2. The average molecular weight is 478 g/mol. The van der Waals surface area contributed by atoms with Crippen molar-refractivity contribution in [3.63, 3.8) is 0 Å². The van der Waals surface area contributed by atoms with Crippen LogP contribution in [0.1, 0.15) is 19.0 Å². The third kappa shape index (κ3) is 4.44. The van der Waals surface area contributed by atoms with Crippen molar-refractivity contribution in [1.82, 2.24) is 20.2 Å². The second-order valence-electron chi connectivity index (χ2n) is 7.27. The van der Waals surface area contributed by atoms with Crippen LogP contribution in [0.4, 0.5) is 5.13 Å². The highest BCUT2D eigenvalue weighted by Gasteiger charge is 2.24. The molecule has 0 unspecified atom stereocenters. The van der Waals surface area contributed by atoms with Gasteiger partial charge in [-0.15, -0.1) is 21.5 Å². The average Bonchev–Trinajstić information content (AvgIpc) is 3.37. The van der Waals surface area contributed by atoms with Crippen LogP contribution in [0.25, 0.3) is 33.3 Å². The number of nitrogens with zero attached hydrogens (tertiary/aromatic N) is 4. The molecule has 0 atom stereocenters. The number of rotatable bonds is 8. The van der Waals surface area contributed by atoms with Crippen molar-refractivity contribution in [2.45, 2.75) is 24.9 Å². The number of amides is 1. The predicted octanol–water partition coefficient (Wildman–Crippen LogP) is 4.36. The van der Waals surface area contributed by atoms with E-state index in [1.165, 1.54) is 23.1 Å². The number of ether oxygens (including phenoxy) is 1. The molecule has 0 fully saturated rings. The molecule has 2 aromatic carbocycles. The fourth-order valence-electron chi connectivity index (χ4n) is 3.70. The highest BCUT2D eigenvalue weighted by Crippen LogP contribution is 2.44. The summed E-state index contributed by atoms with van der Waals surface area (Å²) in [5, 5.41) is 16.5. The van der Waals surface area contributed by atoms with Crippen molar-refractivity contribution < 1.29 is 14.3 Å². The Morgan fingerprint density at radius 1 is 1.06 bits per heavy atom. The normalized spacial score (nSPS) is 11.4. The van der Waals surface area contributed by atoms with Gasteiger partial charge in [-0.2, -0.15) is 0 Å². The Balaban J connectivity index is 1.18. The second kappa shape index (κ2) is 9.24. The lowest BCUT2D eigenvalue weighted by molar-refractivity contribution is -0.142. The van der Waals surface area contributed by atoms with Gasteiger partial charge < -0.3 is 10.1 Å². The maximum absolute atomic E-state index is 12.3. The quantitative estimate of drug-likeness (QED) is 0.260. The molecule has 0 radical (unpaired) electrons. The molecule has 1 amide bonds. The smallest absolute Gasteiger partial charge is 0.311 e. The minimum Gasteiger partial charge on any atom is -0.466 e. The maximum atomic E-state index is 12.3. The van der Waals surface area contributed by atoms with Gasteiger partial charge in [0.2, 0.25) is 11.1 Å². The Kier molecular flexibility index (Phi) is 6.01. The van der Waals surface area contributed by atoms with Crippen molar-refractivity contribution in [3.8, 4) is 22.5 Å². The first-order valence-corrected chi connectivity index (χ1v) is 12.3. The summed E-state index contributed by atoms with van der Waals surface area (Å²) >= 11 is 2.67. The molecule has 0 bridgehead atoms. The summed E-state index contributed by atoms with van der Waals surface area (Å²) in [7, 11) is 0. The lowest BCUT2D eigenvalue weighted by Gasteiger charge is -2.04. The fourth-order valence-corrected chi connectivity index (χ4v) is 5.15. The summed E-state index contributed by atoms with van der Waals surface area (Å²) in [6.45, 7) is 2.09. The molecule has 1 aliphatic rings. The van der Waals surface area contributed by atoms with E-state index in [1.807, 2.05) is 18.2 Å². The monoisotopic (exact) mass is 477 g/mol. The number of thioether (sulfide) groups is 1. The third-order valence-corrected chi connectivity index (χ3v) is 6.72. The number of anilines is 1. The van der Waals surface area contributed by atoms with Gasteiger partial charge in [0.25, 0.3) is 0 Å². The summed E-state index contributed by atoms with van der Waals surface area (Å²) in [4.78, 5) is 32.8. The molecule has 10 heteroatoms. The number of thiazole rings is 1. The molecule has 4 aromatic rings. The Morgan fingerprint density at radius 2 is 1.85 bits per heavy atom. The number of aromatic nitrogens is 4. The molecule has 0 saturated heterocycles. The van der Waals surface area contributed by atoms with Crippen molar-refractivity contribution >= 4 is 50.9 Å². The van der Waals surface area contributed by atoms with E-state index in [2.05, 4.69) is 38.7 Å². The number of fused-ring (bicyclic) bond motifs is 3. The topological polar surface area (TPSA) is 107 Å². The SMILES string of the molecule is CCOC(=O)Cc1csc(NC(=O)CCSc2nnc3c(n2)-c2cccc4cccc-3c24)n1. The van der Waals surface area contributed by atoms with E-state index in [0.717, 1.165) is 33.3 Å². The van der Waals surface area contributed by atoms with E-state index in [1.54, 1.807) is 12.3 Å². The van der Waals surface area contributed by atoms with E-state index < -0.39 is 0 Å². The van der Waals surface area contributed by atoms with Gasteiger partial charge in [-0.3, -0.25) is 9.59 Å². The molecule has 5 rings (SSSR count). The molecule has 0 spiro atoms. The van der Waals surface area contributed by atoms with Gasteiger partial charge in [-0.25, -0.2) is 9.97 Å². The minimum atomic E-state index is -0.334. The standard InChI is InChI=1S/C23H19N5O3S2/c1-2-31-18(30)11-14-12-33-22(24-14)25-17(29)9-10-32-23-26-20-15-7-3-5-13-6-4-8-16(19(13)15)21(20)27-28-23/h3-8,12H,2,9-11H2,1H3,(H,24,25,29). The predicted molar refractivity (Wildman–Crippen MR) is 128 cm³/mol. The Hall–Kier alpha value is -3.37. The molecule has 166 valence electrons. The Morgan fingerprint density at radius 3 is 2.64 bits per heavy atom. The highest BCUT2D eigenvalue weighted by molar-refractivity contribution is 7.99. The van der Waals surface area contributed by atoms with Crippen LogP contribution in [0.15, 0.2) is 46.9 Å². The first kappa shape index (κ1) is 21.5. The van der Waals surface area contributed by atoms with Crippen LogP contribution in [0, 0.1) is 0 Å². The number of nitrogens with one attached hydrogen (secondary N) is 1. The largest absolute Gasteiger partial charge is 0.466 e. The van der Waals surface area contributed by atoms with Gasteiger partial charge in [0.15, 0.2) is 5.13 Å². The molecule has 0 aliphatic heterocycles. The molecule has 1 N–H and O–H groups in total. The van der Waals surface area contributed by atoms with Crippen molar-refractivity contribution in [2.24, 2.45) is 0 Å². The molecular weight excluding hydrogens is 458 g/mol. The van der Waals surface area contributed by atoms with E-state index in [0.29, 0.717) is 28.3 Å². The van der Waals surface area contributed by atoms with Crippen LogP contribution < -0.4 is 5.32 Å². The van der Waals surface area contributed by atoms with Gasteiger partial charge >= 0.3 is 5.97 Å². The second-order valence-corrected chi connectivity index (χ2v) is 9.19. The van der Waals surface area contributed by atoms with E-state index >= 15 is 0 Å². The minimum absolute atomic E-state index is 0.0936. The first-order chi connectivity index (χ1) is 16.1. The molecule has 2 heterocycles. The Labute approximate surface area is 197 Å². The van der Waals surface area contributed by atoms with Gasteiger partial charge in [0.05, 0.1) is 18.7 Å². The molecule has 8 nitrogen and oxygen atoms in total. The van der Waals surface area contributed by atoms with E-state index in [4.69, 9.17) is 9.72 Å². The van der Waals surface area contributed by atoms with E-state index in [-0.39, 0.29) is 24.7 Å². The van der Waals surface area contributed by atoms with Gasteiger partial charge in [-0.05, 0) is 12.3 Å². The third-order valence-electron chi connectivity index (χ3n) is 5.07. The van der Waals surface area contributed by atoms with Crippen LogP contribution in [-0.4, -0.2) is 44.4 Å². The van der Waals surface area contributed by atoms with Gasteiger partial charge in [0, 0.05) is 34.1 Å². The Bertz CT molecular complexity index is 1370. The zero-order valence-corrected chi connectivity index (χ0v) is 19.3. The zero-order chi connectivity index (χ0) is 22.8. The summed E-state index contributed by atoms with van der Waals surface area (Å²) in [5.74, 6) is 0.00928. The van der Waals surface area contributed by atoms with Crippen LogP contribution >= 0.6 is 23.1 Å². The summed E-state index contributed by atoms with van der Waals surface area (Å²) in [6.07, 6.45) is 0.365.